The number of hydrogen-bond acceptors (Lipinski definition) is 0. The molecule has 0 heterocycles. The molecule has 8 aromatic rings. The highest BCUT2D eigenvalue weighted by Gasteiger charge is 2.19. The van der Waals surface area contributed by atoms with Crippen LogP contribution in [-0.4, -0.2) is 0 Å². The van der Waals surface area contributed by atoms with Crippen molar-refractivity contribution in [2.45, 2.75) is 0 Å². The van der Waals surface area contributed by atoms with Crippen molar-refractivity contribution in [3.05, 3.63) is 133 Å². The average molecular weight is 463 g/mol. The molecule has 8 aromatic carbocycles. The average Bonchev–Trinajstić information content (AvgIpc) is 3.05. The van der Waals surface area contributed by atoms with Crippen LogP contribution in [-0.2, 0) is 0 Å². The molecule has 0 aromatic heterocycles. The van der Waals surface area contributed by atoms with E-state index < -0.39 is 24.2 Å². The third-order valence-corrected chi connectivity index (χ3v) is 7.21. The lowest BCUT2D eigenvalue weighted by atomic mass is 9.83. The number of hydrogen-bond donors (Lipinski definition) is 0. The lowest BCUT2D eigenvalue weighted by Crippen LogP contribution is -1.93. The van der Waals surface area contributed by atoms with Crippen LogP contribution in [0.25, 0.3) is 76.1 Å². The largest absolute Gasteiger partial charge is 0.0629 e. The summed E-state index contributed by atoms with van der Waals surface area (Å²) in [7, 11) is 0. The highest BCUT2D eigenvalue weighted by atomic mass is 14.2. The molecular formula is C36H22. The normalized spacial score (nSPS) is 15.0. The molecule has 8 rings (SSSR count). The van der Waals surface area contributed by atoms with E-state index in [1.165, 1.54) is 0 Å². The van der Waals surface area contributed by atoms with E-state index in [0.29, 0.717) is 22.3 Å². The van der Waals surface area contributed by atoms with Crippen LogP contribution in [0.5, 0.6) is 0 Å². The molecule has 0 radical (unpaired) electrons. The van der Waals surface area contributed by atoms with Gasteiger partial charge in [-0.2, -0.15) is 0 Å². The predicted molar refractivity (Wildman–Crippen MR) is 156 cm³/mol. The molecule has 36 heavy (non-hydrogen) atoms. The summed E-state index contributed by atoms with van der Waals surface area (Å²) in [5, 5.41) is 6.79. The molecule has 0 saturated heterocycles. The van der Waals surface area contributed by atoms with Gasteiger partial charge in [0.2, 0.25) is 0 Å². The maximum atomic E-state index is 9.23. The summed E-state index contributed by atoms with van der Waals surface area (Å²) in [4.78, 5) is 0. The summed E-state index contributed by atoms with van der Waals surface area (Å²) in [6, 6.07) is 24.5. The molecule has 0 heteroatoms. The summed E-state index contributed by atoms with van der Waals surface area (Å²) in [5.41, 5.74) is 1.97. The maximum absolute atomic E-state index is 9.23. The molecular weight excluding hydrogens is 432 g/mol. The summed E-state index contributed by atoms with van der Waals surface area (Å²) in [6.45, 7) is 0. The van der Waals surface area contributed by atoms with E-state index in [1.54, 1.807) is 24.3 Å². The van der Waals surface area contributed by atoms with Gasteiger partial charge in [-0.05, 0) is 82.2 Å². The molecule has 0 aliphatic rings. The van der Waals surface area contributed by atoms with Crippen LogP contribution in [0, 0.1) is 0 Å². The Morgan fingerprint density at radius 3 is 1.64 bits per heavy atom. The van der Waals surface area contributed by atoms with Crippen LogP contribution in [0.4, 0.5) is 0 Å². The Morgan fingerprint density at radius 1 is 0.417 bits per heavy atom. The van der Waals surface area contributed by atoms with E-state index in [9.17, 15) is 2.74 Å². The Morgan fingerprint density at radius 2 is 0.972 bits per heavy atom. The first-order valence-corrected chi connectivity index (χ1v) is 11.9. The molecule has 0 unspecified atom stereocenters. The van der Waals surface area contributed by atoms with E-state index in [2.05, 4.69) is 18.2 Å². The number of benzene rings is 8. The van der Waals surface area contributed by atoms with E-state index in [1.807, 2.05) is 42.5 Å². The van der Waals surface area contributed by atoms with Gasteiger partial charge in [-0.1, -0.05) is 127 Å². The standard InChI is InChI=1S/C36H22/c1-2-10-23(11-3-1)34-27-15-4-6-17-29(27)36(30-18-7-5-16-28(30)34)32-22-26-14-8-12-24-20-21-25-13-9-19-31(32)35(25)33(24)26/h1-22H/i4D,5D,6D,7D,15D,16D,17D,18D. The van der Waals surface area contributed by atoms with Crippen LogP contribution in [0.15, 0.2) is 133 Å². The third-order valence-electron chi connectivity index (χ3n) is 7.21. The van der Waals surface area contributed by atoms with Gasteiger partial charge in [0.05, 0.1) is 11.0 Å². The molecule has 0 spiro atoms. The Labute approximate surface area is 220 Å². The van der Waals surface area contributed by atoms with Gasteiger partial charge in [0.1, 0.15) is 0 Å². The molecule has 0 fully saturated rings. The molecule has 0 aliphatic carbocycles. The summed E-state index contributed by atoms with van der Waals surface area (Å²) < 4.78 is 71.4. The second-order valence-corrected chi connectivity index (χ2v) is 9.09. The molecule has 0 aliphatic heterocycles. The first-order chi connectivity index (χ1) is 21.2. The zero-order valence-electron chi connectivity index (χ0n) is 27.1. The first-order valence-electron chi connectivity index (χ1n) is 15.9. The number of rotatable bonds is 2. The first kappa shape index (κ1) is 13.4. The van der Waals surface area contributed by atoms with Gasteiger partial charge in [-0.3, -0.25) is 0 Å². The van der Waals surface area contributed by atoms with Crippen LogP contribution in [0.3, 0.4) is 0 Å². The van der Waals surface area contributed by atoms with Gasteiger partial charge < -0.3 is 0 Å². The molecule has 0 bridgehead atoms. The van der Waals surface area contributed by atoms with Crippen molar-refractivity contribution < 1.29 is 11.0 Å². The van der Waals surface area contributed by atoms with Crippen molar-refractivity contribution in [1.29, 1.82) is 0 Å². The Bertz CT molecular complexity index is 2440. The fourth-order valence-corrected chi connectivity index (χ4v) is 5.76. The minimum Gasteiger partial charge on any atom is -0.0622 e. The van der Waals surface area contributed by atoms with Crippen molar-refractivity contribution in [2.75, 3.05) is 0 Å². The van der Waals surface area contributed by atoms with Gasteiger partial charge >= 0.3 is 0 Å². The predicted octanol–water partition coefficient (Wildman–Crippen LogP) is 10.2. The monoisotopic (exact) mass is 462 g/mol. The van der Waals surface area contributed by atoms with E-state index in [-0.39, 0.29) is 45.7 Å². The minimum absolute atomic E-state index is 0.222. The van der Waals surface area contributed by atoms with Crippen molar-refractivity contribution in [3.63, 3.8) is 0 Å². The molecule has 0 nitrogen and oxygen atoms in total. The van der Waals surface area contributed by atoms with Crippen LogP contribution in [0.2, 0.25) is 0 Å². The lowest BCUT2D eigenvalue weighted by Gasteiger charge is -2.20. The molecule has 0 N–H and O–H groups in total. The smallest absolute Gasteiger partial charge is 0.0622 e. The zero-order chi connectivity index (χ0) is 30.6. The fraction of sp³-hybridized carbons (Fsp3) is 0. The van der Waals surface area contributed by atoms with Gasteiger partial charge in [-0.15, -0.1) is 0 Å². The number of fused-ring (bicyclic) bond motifs is 2. The van der Waals surface area contributed by atoms with Gasteiger partial charge in [0.15, 0.2) is 0 Å². The molecule has 166 valence electrons. The van der Waals surface area contributed by atoms with Crippen LogP contribution >= 0.6 is 0 Å². The minimum atomic E-state index is -0.403. The highest BCUT2D eigenvalue weighted by Crippen LogP contribution is 2.47. The summed E-state index contributed by atoms with van der Waals surface area (Å²) in [6.07, 6.45) is 0. The molecule has 0 saturated carbocycles. The van der Waals surface area contributed by atoms with Crippen LogP contribution < -0.4 is 0 Å². The maximum Gasteiger partial charge on any atom is 0.0629 e. The van der Waals surface area contributed by atoms with Gasteiger partial charge in [0.25, 0.3) is 0 Å². The van der Waals surface area contributed by atoms with Crippen molar-refractivity contribution in [2.24, 2.45) is 0 Å². The second kappa shape index (κ2) is 7.41. The van der Waals surface area contributed by atoms with Crippen LogP contribution in [0.1, 0.15) is 11.0 Å². The summed E-state index contributed by atoms with van der Waals surface area (Å²) in [5.74, 6) is 0. The highest BCUT2D eigenvalue weighted by molar-refractivity contribution is 6.30. The Kier molecular flexibility index (Phi) is 2.76. The quantitative estimate of drug-likeness (QED) is 0.177. The molecule has 0 amide bonds. The topological polar surface area (TPSA) is 0 Å². The second-order valence-electron chi connectivity index (χ2n) is 9.09. The van der Waals surface area contributed by atoms with E-state index in [4.69, 9.17) is 8.22 Å². The van der Waals surface area contributed by atoms with Gasteiger partial charge in [-0.25, -0.2) is 0 Å². The Balaban J connectivity index is 1.76. The van der Waals surface area contributed by atoms with Gasteiger partial charge in [0, 0.05) is 0 Å². The van der Waals surface area contributed by atoms with E-state index >= 15 is 0 Å². The van der Waals surface area contributed by atoms with Crippen molar-refractivity contribution in [3.8, 4) is 22.3 Å². The summed E-state index contributed by atoms with van der Waals surface area (Å²) >= 11 is 0. The lowest BCUT2D eigenvalue weighted by molar-refractivity contribution is 1.67. The van der Waals surface area contributed by atoms with Crippen molar-refractivity contribution >= 4 is 53.9 Å². The fourth-order valence-electron chi connectivity index (χ4n) is 5.76. The third kappa shape index (κ3) is 2.64. The Hall–Kier alpha value is -4.68. The SMILES string of the molecule is [2H]c1c([2H])c([2H])c2c(-c3cc4cccc5ccc6cccc3c6c54)c3c([2H])c([2H])c([2H])c([2H])c3c(-c3ccccc3)c2c1[2H]. The molecule has 0 atom stereocenters. The zero-order valence-corrected chi connectivity index (χ0v) is 19.1. The van der Waals surface area contributed by atoms with E-state index in [0.717, 1.165) is 32.3 Å². The van der Waals surface area contributed by atoms with Crippen molar-refractivity contribution in [1.82, 2.24) is 0 Å².